The van der Waals surface area contributed by atoms with Crippen molar-refractivity contribution >= 4 is 11.7 Å². The zero-order chi connectivity index (χ0) is 11.6. The lowest BCUT2D eigenvalue weighted by molar-refractivity contribution is -0.173. The molecule has 1 aliphatic rings. The number of rotatable bonds is 2. The maximum atomic E-state index is 11.8. The first-order valence-electron chi connectivity index (χ1n) is 4.36. The Kier molecular flexibility index (Phi) is 3.16. The monoisotopic (exact) mass is 221 g/mol. The number of hydrogen-bond acceptors (Lipinski definition) is 2. The average molecular weight is 221 g/mol. The molecule has 1 N–H and O–H groups in total. The molecule has 0 aliphatic heterocycles. The van der Waals surface area contributed by atoms with Crippen molar-refractivity contribution in [2.24, 2.45) is 5.92 Å². The molecule has 0 saturated carbocycles. The molecule has 0 aromatic carbocycles. The SMILES string of the molecule is CC1=CC(=O)CC1CNC(=O)C(F)(F)F. The Labute approximate surface area is 84.3 Å². The highest BCUT2D eigenvalue weighted by Gasteiger charge is 2.38. The quantitative estimate of drug-likeness (QED) is 0.761. The van der Waals surface area contributed by atoms with Crippen molar-refractivity contribution in [1.82, 2.24) is 5.32 Å². The van der Waals surface area contributed by atoms with Crippen LogP contribution in [0.3, 0.4) is 0 Å². The summed E-state index contributed by atoms with van der Waals surface area (Å²) in [5.41, 5.74) is 0.711. The predicted octanol–water partition coefficient (Wildman–Crippen LogP) is 1.20. The molecular weight excluding hydrogens is 211 g/mol. The molecule has 0 radical (unpaired) electrons. The number of nitrogens with one attached hydrogen (secondary N) is 1. The number of carbonyl (C=O) groups excluding carboxylic acids is 2. The summed E-state index contributed by atoms with van der Waals surface area (Å²) < 4.78 is 35.4. The molecule has 0 fully saturated rings. The zero-order valence-corrected chi connectivity index (χ0v) is 8.02. The number of hydrogen-bond donors (Lipinski definition) is 1. The second kappa shape index (κ2) is 4.04. The van der Waals surface area contributed by atoms with E-state index in [1.807, 2.05) is 0 Å². The topological polar surface area (TPSA) is 46.2 Å². The van der Waals surface area contributed by atoms with Crippen molar-refractivity contribution in [1.29, 1.82) is 0 Å². The summed E-state index contributed by atoms with van der Waals surface area (Å²) >= 11 is 0. The minimum Gasteiger partial charge on any atom is -0.348 e. The van der Waals surface area contributed by atoms with Gasteiger partial charge in [0.2, 0.25) is 0 Å². The van der Waals surface area contributed by atoms with E-state index in [1.165, 1.54) is 6.08 Å². The van der Waals surface area contributed by atoms with Gasteiger partial charge in [0.1, 0.15) is 0 Å². The number of alkyl halides is 3. The van der Waals surface area contributed by atoms with E-state index in [4.69, 9.17) is 0 Å². The lowest BCUT2D eigenvalue weighted by Crippen LogP contribution is -2.39. The summed E-state index contributed by atoms with van der Waals surface area (Å²) in [5.74, 6) is -2.38. The van der Waals surface area contributed by atoms with E-state index in [-0.39, 0.29) is 24.7 Å². The van der Waals surface area contributed by atoms with E-state index in [9.17, 15) is 22.8 Å². The third-order valence-corrected chi connectivity index (χ3v) is 2.25. The summed E-state index contributed by atoms with van der Waals surface area (Å²) in [4.78, 5) is 21.4. The van der Waals surface area contributed by atoms with Crippen LogP contribution in [-0.2, 0) is 9.59 Å². The van der Waals surface area contributed by atoms with E-state index in [0.717, 1.165) is 0 Å². The van der Waals surface area contributed by atoms with E-state index >= 15 is 0 Å². The van der Waals surface area contributed by atoms with Gasteiger partial charge in [0.05, 0.1) is 0 Å². The molecule has 84 valence electrons. The van der Waals surface area contributed by atoms with Gasteiger partial charge >= 0.3 is 12.1 Å². The fourth-order valence-electron chi connectivity index (χ4n) is 1.38. The maximum Gasteiger partial charge on any atom is 0.471 e. The maximum absolute atomic E-state index is 11.8. The van der Waals surface area contributed by atoms with Crippen molar-refractivity contribution in [3.05, 3.63) is 11.6 Å². The largest absolute Gasteiger partial charge is 0.471 e. The summed E-state index contributed by atoms with van der Waals surface area (Å²) in [7, 11) is 0. The van der Waals surface area contributed by atoms with Gasteiger partial charge in [0.25, 0.3) is 0 Å². The number of allylic oxidation sites excluding steroid dienone is 1. The fourth-order valence-corrected chi connectivity index (χ4v) is 1.38. The average Bonchev–Trinajstić information content (AvgIpc) is 2.39. The van der Waals surface area contributed by atoms with Crippen LogP contribution in [-0.4, -0.2) is 24.4 Å². The van der Waals surface area contributed by atoms with Gasteiger partial charge in [-0.2, -0.15) is 13.2 Å². The second-order valence-corrected chi connectivity index (χ2v) is 3.46. The molecule has 0 heterocycles. The van der Waals surface area contributed by atoms with E-state index < -0.39 is 12.1 Å². The van der Waals surface area contributed by atoms with Crippen LogP contribution in [0, 0.1) is 5.92 Å². The highest BCUT2D eigenvalue weighted by molar-refractivity contribution is 5.93. The lowest BCUT2D eigenvalue weighted by Gasteiger charge is -2.13. The van der Waals surface area contributed by atoms with Gasteiger partial charge in [-0.25, -0.2) is 0 Å². The van der Waals surface area contributed by atoms with Crippen LogP contribution in [0.4, 0.5) is 13.2 Å². The van der Waals surface area contributed by atoms with Crippen molar-refractivity contribution in [3.63, 3.8) is 0 Å². The molecular formula is C9H10F3NO2. The highest BCUT2D eigenvalue weighted by Crippen LogP contribution is 2.22. The van der Waals surface area contributed by atoms with Crippen molar-refractivity contribution in [2.75, 3.05) is 6.54 Å². The second-order valence-electron chi connectivity index (χ2n) is 3.46. The summed E-state index contributed by atoms with van der Waals surface area (Å²) in [5, 5.41) is 1.76. The smallest absolute Gasteiger partial charge is 0.348 e. The first-order chi connectivity index (χ1) is 6.80. The van der Waals surface area contributed by atoms with Crippen LogP contribution in [0.2, 0.25) is 0 Å². The minimum absolute atomic E-state index is 0.112. The van der Waals surface area contributed by atoms with Crippen LogP contribution in [0.15, 0.2) is 11.6 Å². The highest BCUT2D eigenvalue weighted by atomic mass is 19.4. The van der Waals surface area contributed by atoms with Crippen molar-refractivity contribution in [2.45, 2.75) is 19.5 Å². The van der Waals surface area contributed by atoms with Gasteiger partial charge < -0.3 is 5.32 Å². The normalized spacial score (nSPS) is 21.5. The number of halogens is 3. The molecule has 1 aliphatic carbocycles. The van der Waals surface area contributed by atoms with E-state index in [1.54, 1.807) is 12.2 Å². The van der Waals surface area contributed by atoms with Crippen LogP contribution in [0.25, 0.3) is 0 Å². The van der Waals surface area contributed by atoms with Gasteiger partial charge in [-0.15, -0.1) is 0 Å². The van der Waals surface area contributed by atoms with Crippen LogP contribution >= 0.6 is 0 Å². The third kappa shape index (κ3) is 3.07. The summed E-state index contributed by atoms with van der Waals surface area (Å²) in [6.45, 7) is 1.52. The Bertz CT molecular complexity index is 320. The molecule has 3 nitrogen and oxygen atoms in total. The Hall–Kier alpha value is -1.33. The Morgan fingerprint density at radius 2 is 2.20 bits per heavy atom. The number of carbonyl (C=O) groups is 2. The molecule has 1 unspecified atom stereocenters. The first kappa shape index (κ1) is 11.7. The number of amides is 1. The van der Waals surface area contributed by atoms with Crippen LogP contribution in [0.1, 0.15) is 13.3 Å². The molecule has 6 heteroatoms. The van der Waals surface area contributed by atoms with Gasteiger partial charge in [0, 0.05) is 18.9 Å². The lowest BCUT2D eigenvalue weighted by atomic mass is 10.0. The molecule has 1 amide bonds. The molecule has 1 atom stereocenters. The Morgan fingerprint density at radius 3 is 2.60 bits per heavy atom. The number of ketones is 1. The van der Waals surface area contributed by atoms with Gasteiger partial charge in [-0.1, -0.05) is 5.57 Å². The molecule has 1 rings (SSSR count). The summed E-state index contributed by atoms with van der Waals surface area (Å²) in [6, 6.07) is 0. The van der Waals surface area contributed by atoms with E-state index in [0.29, 0.717) is 5.57 Å². The minimum atomic E-state index is -4.86. The molecule has 0 aromatic rings. The van der Waals surface area contributed by atoms with Crippen LogP contribution in [0.5, 0.6) is 0 Å². The Morgan fingerprint density at radius 1 is 1.60 bits per heavy atom. The standard InChI is InChI=1S/C9H10F3NO2/c1-5-2-7(14)3-6(5)4-13-8(15)9(10,11)12/h2,6H,3-4H2,1H3,(H,13,15). The first-order valence-corrected chi connectivity index (χ1v) is 4.36. The van der Waals surface area contributed by atoms with Gasteiger partial charge in [-0.3, -0.25) is 9.59 Å². The summed E-state index contributed by atoms with van der Waals surface area (Å²) in [6.07, 6.45) is -3.30. The fraction of sp³-hybridized carbons (Fsp3) is 0.556. The predicted molar refractivity (Wildman–Crippen MR) is 45.9 cm³/mol. The molecule has 0 saturated heterocycles. The molecule has 0 aromatic heterocycles. The molecule has 0 bridgehead atoms. The zero-order valence-electron chi connectivity index (χ0n) is 8.02. The van der Waals surface area contributed by atoms with Crippen molar-refractivity contribution < 1.29 is 22.8 Å². The molecule has 0 spiro atoms. The van der Waals surface area contributed by atoms with Gasteiger partial charge in [0.15, 0.2) is 5.78 Å². The third-order valence-electron chi connectivity index (χ3n) is 2.25. The van der Waals surface area contributed by atoms with Crippen LogP contribution < -0.4 is 5.32 Å². The van der Waals surface area contributed by atoms with E-state index in [2.05, 4.69) is 0 Å². The Balaban J connectivity index is 2.43. The van der Waals surface area contributed by atoms with Crippen molar-refractivity contribution in [3.8, 4) is 0 Å². The van der Waals surface area contributed by atoms with Gasteiger partial charge in [-0.05, 0) is 13.0 Å². The molecule has 15 heavy (non-hydrogen) atoms.